The number of benzene rings is 1. The number of alkyl halides is 3. The number of carbonyl (C=O) groups is 2. The second kappa shape index (κ2) is 6.68. The van der Waals surface area contributed by atoms with Gasteiger partial charge in [0.25, 0.3) is 5.91 Å². The lowest BCUT2D eigenvalue weighted by molar-refractivity contribution is -0.227. The van der Waals surface area contributed by atoms with E-state index in [0.717, 1.165) is 4.90 Å². The normalized spacial score (nSPS) is 21.0. The third kappa shape index (κ3) is 3.54. The summed E-state index contributed by atoms with van der Waals surface area (Å²) in [7, 11) is 0. The molecule has 10 heteroatoms. The van der Waals surface area contributed by atoms with Crippen LogP contribution >= 0.6 is 23.2 Å². The van der Waals surface area contributed by atoms with Crippen molar-refractivity contribution in [3.8, 4) is 5.75 Å². The third-order valence-corrected chi connectivity index (χ3v) is 4.35. The number of likely N-dealkylation sites (tertiary alicyclic amines) is 1. The van der Waals surface area contributed by atoms with Crippen LogP contribution in [0.1, 0.15) is 6.42 Å². The fourth-order valence-corrected chi connectivity index (χ4v) is 2.84. The fraction of sp³-hybridized carbons (Fsp3) is 0.429. The molecule has 1 fully saturated rings. The number of ether oxygens (including phenoxy) is 1. The van der Waals surface area contributed by atoms with Gasteiger partial charge in [0.2, 0.25) is 0 Å². The van der Waals surface area contributed by atoms with Crippen molar-refractivity contribution in [2.45, 2.75) is 12.6 Å². The first-order chi connectivity index (χ1) is 11.1. The third-order valence-electron chi connectivity index (χ3n) is 3.82. The summed E-state index contributed by atoms with van der Waals surface area (Å²) in [5, 5.41) is 9.45. The van der Waals surface area contributed by atoms with E-state index in [1.54, 1.807) is 0 Å². The Labute approximate surface area is 144 Å². The number of amides is 1. The summed E-state index contributed by atoms with van der Waals surface area (Å²) in [4.78, 5) is 23.9. The molecule has 0 bridgehead atoms. The number of aliphatic carboxylic acids is 1. The Morgan fingerprint density at radius 2 is 2.00 bits per heavy atom. The van der Waals surface area contributed by atoms with Crippen LogP contribution in [0, 0.1) is 5.41 Å². The molecule has 0 radical (unpaired) electrons. The average Bonchev–Trinajstić information content (AvgIpc) is 2.92. The Morgan fingerprint density at radius 1 is 1.33 bits per heavy atom. The summed E-state index contributed by atoms with van der Waals surface area (Å²) >= 11 is 11.6. The SMILES string of the molecule is O=C(COc1ccc(Cl)cc1Cl)N1CCC(C(=O)O)(C(F)(F)F)C1. The quantitative estimate of drug-likeness (QED) is 0.863. The summed E-state index contributed by atoms with van der Waals surface area (Å²) in [5.74, 6) is -2.60. The Morgan fingerprint density at radius 3 is 2.50 bits per heavy atom. The molecule has 1 atom stereocenters. The minimum absolute atomic E-state index is 0.145. The number of carbonyl (C=O) groups excluding carboxylic acids is 1. The molecule has 24 heavy (non-hydrogen) atoms. The van der Waals surface area contributed by atoms with Gasteiger partial charge < -0.3 is 14.7 Å². The number of nitrogens with zero attached hydrogens (tertiary/aromatic N) is 1. The molecule has 2 rings (SSSR count). The second-order valence-electron chi connectivity index (χ2n) is 5.31. The van der Waals surface area contributed by atoms with E-state index in [1.165, 1.54) is 18.2 Å². The van der Waals surface area contributed by atoms with Crippen molar-refractivity contribution in [1.29, 1.82) is 0 Å². The van der Waals surface area contributed by atoms with Gasteiger partial charge in [-0.3, -0.25) is 9.59 Å². The summed E-state index contributed by atoms with van der Waals surface area (Å²) in [6.07, 6.45) is -5.65. The maximum atomic E-state index is 13.1. The monoisotopic (exact) mass is 385 g/mol. The van der Waals surface area contributed by atoms with Gasteiger partial charge in [0.05, 0.1) is 5.02 Å². The van der Waals surface area contributed by atoms with Crippen molar-refractivity contribution in [1.82, 2.24) is 4.90 Å². The number of hydrogen-bond acceptors (Lipinski definition) is 3. The van der Waals surface area contributed by atoms with E-state index in [1.807, 2.05) is 0 Å². The molecule has 1 N–H and O–H groups in total. The van der Waals surface area contributed by atoms with Crippen LogP contribution in [0.5, 0.6) is 5.75 Å². The maximum Gasteiger partial charge on any atom is 0.406 e. The van der Waals surface area contributed by atoms with Crippen molar-refractivity contribution >= 4 is 35.1 Å². The van der Waals surface area contributed by atoms with Gasteiger partial charge in [-0.25, -0.2) is 0 Å². The summed E-state index contributed by atoms with van der Waals surface area (Å²) in [6.45, 7) is -1.82. The van der Waals surface area contributed by atoms with Gasteiger partial charge in [0.1, 0.15) is 5.75 Å². The number of hydrogen-bond donors (Lipinski definition) is 1. The molecule has 0 spiro atoms. The van der Waals surface area contributed by atoms with Gasteiger partial charge in [0, 0.05) is 18.1 Å². The molecule has 5 nitrogen and oxygen atoms in total. The summed E-state index contributed by atoms with van der Waals surface area (Å²) in [6, 6.07) is 4.28. The smallest absolute Gasteiger partial charge is 0.406 e. The highest BCUT2D eigenvalue weighted by atomic mass is 35.5. The van der Waals surface area contributed by atoms with Gasteiger partial charge >= 0.3 is 12.1 Å². The van der Waals surface area contributed by atoms with Crippen molar-refractivity contribution in [3.05, 3.63) is 28.2 Å². The van der Waals surface area contributed by atoms with Crippen LogP contribution in [0.4, 0.5) is 13.2 Å². The summed E-state index contributed by atoms with van der Waals surface area (Å²) < 4.78 is 44.4. The predicted molar refractivity (Wildman–Crippen MR) is 79.3 cm³/mol. The van der Waals surface area contributed by atoms with E-state index in [9.17, 15) is 22.8 Å². The van der Waals surface area contributed by atoms with Crippen LogP contribution in [0.15, 0.2) is 18.2 Å². The first-order valence-corrected chi connectivity index (χ1v) is 7.48. The number of halogens is 5. The molecule has 1 aliphatic rings. The van der Waals surface area contributed by atoms with Crippen LogP contribution in [-0.4, -0.2) is 47.8 Å². The lowest BCUT2D eigenvalue weighted by Gasteiger charge is -2.27. The van der Waals surface area contributed by atoms with Crippen LogP contribution in [-0.2, 0) is 9.59 Å². The highest BCUT2D eigenvalue weighted by Gasteiger charge is 2.64. The molecule has 1 amide bonds. The van der Waals surface area contributed by atoms with Gasteiger partial charge in [-0.15, -0.1) is 0 Å². The lowest BCUT2D eigenvalue weighted by atomic mass is 9.86. The van der Waals surface area contributed by atoms with Gasteiger partial charge in [0.15, 0.2) is 12.0 Å². The maximum absolute atomic E-state index is 13.1. The molecule has 1 aromatic rings. The largest absolute Gasteiger partial charge is 0.482 e. The zero-order chi connectivity index (χ0) is 18.1. The molecule has 0 saturated carbocycles. The topological polar surface area (TPSA) is 66.8 Å². The Balaban J connectivity index is 2.03. The van der Waals surface area contributed by atoms with Crippen molar-refractivity contribution < 1.29 is 32.6 Å². The highest BCUT2D eigenvalue weighted by molar-refractivity contribution is 6.35. The molecule has 0 aliphatic carbocycles. The Kier molecular flexibility index (Phi) is 5.19. The van der Waals surface area contributed by atoms with Crippen LogP contribution in [0.25, 0.3) is 0 Å². The first kappa shape index (κ1) is 18.7. The lowest BCUT2D eigenvalue weighted by Crippen LogP contribution is -2.48. The second-order valence-corrected chi connectivity index (χ2v) is 6.16. The minimum atomic E-state index is -4.95. The van der Waals surface area contributed by atoms with Crippen LogP contribution < -0.4 is 4.74 Å². The van der Waals surface area contributed by atoms with E-state index < -0.39 is 43.0 Å². The zero-order valence-corrected chi connectivity index (χ0v) is 13.6. The molecule has 1 aliphatic heterocycles. The van der Waals surface area contributed by atoms with E-state index in [-0.39, 0.29) is 17.3 Å². The Bertz CT molecular complexity index is 668. The van der Waals surface area contributed by atoms with Crippen molar-refractivity contribution in [2.24, 2.45) is 5.41 Å². The number of carboxylic acids is 1. The van der Waals surface area contributed by atoms with Gasteiger partial charge in [-0.2, -0.15) is 13.2 Å². The molecule has 132 valence electrons. The first-order valence-electron chi connectivity index (χ1n) is 6.72. The van der Waals surface area contributed by atoms with E-state index in [0.29, 0.717) is 5.02 Å². The van der Waals surface area contributed by atoms with Crippen LogP contribution in [0.3, 0.4) is 0 Å². The number of carboxylic acid groups (broad SMARTS) is 1. The molecule has 1 saturated heterocycles. The Hall–Kier alpha value is -1.67. The van der Waals surface area contributed by atoms with E-state index in [2.05, 4.69) is 0 Å². The predicted octanol–water partition coefficient (Wildman–Crippen LogP) is 3.24. The van der Waals surface area contributed by atoms with E-state index >= 15 is 0 Å². The molecule has 1 unspecified atom stereocenters. The minimum Gasteiger partial charge on any atom is -0.482 e. The van der Waals surface area contributed by atoms with E-state index in [4.69, 9.17) is 33.0 Å². The molecular weight excluding hydrogens is 374 g/mol. The zero-order valence-electron chi connectivity index (χ0n) is 12.1. The molecule has 1 heterocycles. The summed E-state index contributed by atoms with van der Waals surface area (Å²) in [5.41, 5.74) is -2.94. The van der Waals surface area contributed by atoms with Crippen molar-refractivity contribution in [2.75, 3.05) is 19.7 Å². The molecule has 0 aromatic heterocycles. The average molecular weight is 386 g/mol. The van der Waals surface area contributed by atoms with Gasteiger partial charge in [-0.05, 0) is 24.6 Å². The highest BCUT2D eigenvalue weighted by Crippen LogP contribution is 2.45. The van der Waals surface area contributed by atoms with Crippen molar-refractivity contribution in [3.63, 3.8) is 0 Å². The number of rotatable bonds is 4. The van der Waals surface area contributed by atoms with Crippen LogP contribution in [0.2, 0.25) is 10.0 Å². The standard InChI is InChI=1S/C14H12Cl2F3NO4/c15-8-1-2-10(9(16)5-8)24-6-11(21)20-4-3-13(7-20,12(22)23)14(17,18)19/h1-2,5H,3-4,6-7H2,(H,22,23). The molecule has 1 aromatic carbocycles. The molecular formula is C14H12Cl2F3NO4. The van der Waals surface area contributed by atoms with Gasteiger partial charge in [-0.1, -0.05) is 23.2 Å². The fourth-order valence-electron chi connectivity index (χ4n) is 2.37.